The van der Waals surface area contributed by atoms with Crippen LogP contribution in [0.2, 0.25) is 0 Å². The van der Waals surface area contributed by atoms with Crippen molar-refractivity contribution in [3.63, 3.8) is 0 Å². The number of carbonyl (C=O) groups excluding carboxylic acids is 1. The van der Waals surface area contributed by atoms with Gasteiger partial charge >= 0.3 is 0 Å². The SMILES string of the molecule is C=C(F)/C(Cc1cccc(OC)c1N(CC(N)=O)S(=O)C1=CCC=C(C(C)(C)C)C=C1)=C(F)\C=C/C. The highest BCUT2D eigenvalue weighted by Crippen LogP contribution is 2.38. The molecule has 2 N–H and O–H groups in total. The average Bonchev–Trinajstić information content (AvgIpc) is 3.07. The van der Waals surface area contributed by atoms with E-state index >= 15 is 0 Å². The molecular formula is C28H34F2N2O3S. The lowest BCUT2D eigenvalue weighted by Crippen LogP contribution is -2.36. The number of halogens is 2. The monoisotopic (exact) mass is 516 g/mol. The fraction of sp³-hybridized carbons (Fsp3) is 0.321. The van der Waals surface area contributed by atoms with E-state index in [1.54, 1.807) is 31.2 Å². The maximum atomic E-state index is 14.6. The maximum absolute atomic E-state index is 14.6. The average molecular weight is 517 g/mol. The molecule has 8 heteroatoms. The maximum Gasteiger partial charge on any atom is 0.238 e. The minimum absolute atomic E-state index is 0.0987. The Morgan fingerprint density at radius 1 is 1.25 bits per heavy atom. The van der Waals surface area contributed by atoms with E-state index in [0.29, 0.717) is 16.9 Å². The Labute approximate surface area is 215 Å². The molecule has 5 nitrogen and oxygen atoms in total. The Hall–Kier alpha value is -3.26. The van der Waals surface area contributed by atoms with Crippen LogP contribution in [0, 0.1) is 5.41 Å². The van der Waals surface area contributed by atoms with Crippen molar-refractivity contribution in [3.05, 3.63) is 94.5 Å². The summed E-state index contributed by atoms with van der Waals surface area (Å²) in [6.45, 7) is 10.7. The third kappa shape index (κ3) is 7.37. The van der Waals surface area contributed by atoms with Crippen LogP contribution in [0.3, 0.4) is 0 Å². The van der Waals surface area contributed by atoms with E-state index in [1.807, 2.05) is 12.2 Å². The Morgan fingerprint density at radius 2 is 1.94 bits per heavy atom. The third-order valence-electron chi connectivity index (χ3n) is 5.50. The topological polar surface area (TPSA) is 72.6 Å². The molecule has 0 radical (unpaired) electrons. The molecule has 1 unspecified atom stereocenters. The van der Waals surface area contributed by atoms with Gasteiger partial charge in [-0.2, -0.15) is 0 Å². The molecule has 1 aliphatic carbocycles. The number of allylic oxidation sites excluding steroid dienone is 10. The first-order valence-corrected chi connectivity index (χ1v) is 12.6. The Morgan fingerprint density at radius 3 is 2.50 bits per heavy atom. The van der Waals surface area contributed by atoms with E-state index < -0.39 is 35.1 Å². The van der Waals surface area contributed by atoms with Crippen LogP contribution < -0.4 is 14.8 Å². The quantitative estimate of drug-likeness (QED) is 0.371. The summed E-state index contributed by atoms with van der Waals surface area (Å²) in [5, 5.41) is 0. The summed E-state index contributed by atoms with van der Waals surface area (Å²) >= 11 is 0. The molecule has 0 saturated carbocycles. The Kier molecular flexibility index (Phi) is 10.2. The number of benzene rings is 1. The zero-order valence-corrected chi connectivity index (χ0v) is 22.3. The molecule has 1 atom stereocenters. The molecule has 36 heavy (non-hydrogen) atoms. The van der Waals surface area contributed by atoms with Gasteiger partial charge in [-0.15, -0.1) is 0 Å². The van der Waals surface area contributed by atoms with Gasteiger partial charge in [0.05, 0.1) is 17.7 Å². The van der Waals surface area contributed by atoms with Crippen LogP contribution in [-0.4, -0.2) is 23.8 Å². The van der Waals surface area contributed by atoms with Crippen LogP contribution in [0.4, 0.5) is 14.5 Å². The molecule has 0 bridgehead atoms. The summed E-state index contributed by atoms with van der Waals surface area (Å²) in [5.41, 5.74) is 6.90. The molecule has 1 amide bonds. The highest BCUT2D eigenvalue weighted by Gasteiger charge is 2.27. The zero-order chi connectivity index (χ0) is 27.0. The van der Waals surface area contributed by atoms with Crippen molar-refractivity contribution in [2.75, 3.05) is 18.0 Å². The van der Waals surface area contributed by atoms with Crippen LogP contribution in [0.25, 0.3) is 0 Å². The van der Waals surface area contributed by atoms with Gasteiger partial charge in [-0.3, -0.25) is 9.10 Å². The van der Waals surface area contributed by atoms with Crippen molar-refractivity contribution in [2.24, 2.45) is 11.1 Å². The summed E-state index contributed by atoms with van der Waals surface area (Å²) in [5.74, 6) is -2.16. The number of ether oxygens (including phenoxy) is 1. The fourth-order valence-corrected chi connectivity index (χ4v) is 4.99. The molecule has 2 rings (SSSR count). The van der Waals surface area contributed by atoms with E-state index in [2.05, 4.69) is 33.4 Å². The number of para-hydroxylation sites is 1. The Balaban J connectivity index is 2.64. The lowest BCUT2D eigenvalue weighted by atomic mass is 9.86. The van der Waals surface area contributed by atoms with Gasteiger partial charge in [0.25, 0.3) is 0 Å². The third-order valence-corrected chi connectivity index (χ3v) is 6.92. The summed E-state index contributed by atoms with van der Waals surface area (Å²) in [6, 6.07) is 4.90. The van der Waals surface area contributed by atoms with Crippen LogP contribution in [0.5, 0.6) is 5.75 Å². The minimum Gasteiger partial charge on any atom is -0.495 e. The van der Waals surface area contributed by atoms with Crippen molar-refractivity contribution in [3.8, 4) is 5.75 Å². The highest BCUT2D eigenvalue weighted by molar-refractivity contribution is 7.90. The van der Waals surface area contributed by atoms with Crippen LogP contribution in [-0.2, 0) is 22.2 Å². The minimum atomic E-state index is -1.88. The Bertz CT molecular complexity index is 1190. The van der Waals surface area contributed by atoms with Gasteiger partial charge in [-0.05, 0) is 48.1 Å². The van der Waals surface area contributed by atoms with Crippen molar-refractivity contribution in [2.45, 2.75) is 40.5 Å². The number of amides is 1. The van der Waals surface area contributed by atoms with Gasteiger partial charge in [0, 0.05) is 12.0 Å². The van der Waals surface area contributed by atoms with Gasteiger partial charge < -0.3 is 10.5 Å². The van der Waals surface area contributed by atoms with Crippen molar-refractivity contribution in [1.29, 1.82) is 0 Å². The van der Waals surface area contributed by atoms with Crippen LogP contribution in [0.1, 0.15) is 39.7 Å². The number of nitrogens with two attached hydrogens (primary N) is 1. The molecule has 1 aromatic rings. The van der Waals surface area contributed by atoms with Crippen molar-refractivity contribution >= 4 is 22.6 Å². The highest BCUT2D eigenvalue weighted by atomic mass is 32.2. The van der Waals surface area contributed by atoms with Crippen LogP contribution in [0.15, 0.2) is 88.9 Å². The van der Waals surface area contributed by atoms with E-state index in [1.165, 1.54) is 17.5 Å². The van der Waals surface area contributed by atoms with Crippen LogP contribution >= 0.6 is 0 Å². The normalized spacial score (nSPS) is 15.5. The molecule has 0 aliphatic heterocycles. The molecule has 194 valence electrons. The van der Waals surface area contributed by atoms with E-state index in [0.717, 1.165) is 11.6 Å². The second-order valence-corrected chi connectivity index (χ2v) is 10.6. The number of primary amides is 1. The molecule has 0 saturated heterocycles. The number of nitrogens with zero attached hydrogens (tertiary/aromatic N) is 1. The number of methoxy groups -OCH3 is 1. The second kappa shape index (κ2) is 12.6. The van der Waals surface area contributed by atoms with Gasteiger partial charge in [-0.25, -0.2) is 13.0 Å². The van der Waals surface area contributed by atoms with Gasteiger partial charge in [0.15, 0.2) is 11.0 Å². The first kappa shape index (κ1) is 29.0. The molecular weight excluding hydrogens is 482 g/mol. The van der Waals surface area contributed by atoms with E-state index in [-0.39, 0.29) is 28.8 Å². The van der Waals surface area contributed by atoms with Gasteiger partial charge in [0.1, 0.15) is 23.9 Å². The second-order valence-electron chi connectivity index (χ2n) is 9.21. The van der Waals surface area contributed by atoms with E-state index in [4.69, 9.17) is 10.5 Å². The first-order chi connectivity index (χ1) is 16.9. The van der Waals surface area contributed by atoms with Gasteiger partial charge in [-0.1, -0.05) is 63.8 Å². The number of hydrogen-bond acceptors (Lipinski definition) is 3. The molecule has 1 aliphatic rings. The number of anilines is 1. The largest absolute Gasteiger partial charge is 0.495 e. The fourth-order valence-electron chi connectivity index (χ4n) is 3.69. The summed E-state index contributed by atoms with van der Waals surface area (Å²) in [6.07, 6.45) is 10.5. The lowest BCUT2D eigenvalue weighted by molar-refractivity contribution is -0.116. The number of carbonyl (C=O) groups is 1. The van der Waals surface area contributed by atoms with Crippen molar-refractivity contribution in [1.82, 2.24) is 0 Å². The van der Waals surface area contributed by atoms with Crippen molar-refractivity contribution < 1.29 is 22.5 Å². The molecule has 1 aromatic carbocycles. The first-order valence-electron chi connectivity index (χ1n) is 11.5. The lowest BCUT2D eigenvalue weighted by Gasteiger charge is -2.27. The predicted octanol–water partition coefficient (Wildman–Crippen LogP) is 6.29. The molecule has 0 aromatic heterocycles. The van der Waals surface area contributed by atoms with Gasteiger partial charge in [0.2, 0.25) is 5.91 Å². The number of rotatable bonds is 10. The summed E-state index contributed by atoms with van der Waals surface area (Å²) < 4.78 is 49.6. The standard InChI is InChI=1S/C28H34F2N2O3S/c1-7-10-24(30)23(19(2)29)17-20-11-8-14-25(35-6)27(20)32(18-26(31)33)36(34)22-13-9-12-21(15-16-22)28(3,4)5/h7-8,10-16H,2,9,17-18H2,1,3-6H3,(H2,31,33)/b10-7-,24-23+. The smallest absolute Gasteiger partial charge is 0.238 e. The van der Waals surface area contributed by atoms with E-state index in [9.17, 15) is 17.8 Å². The molecule has 0 heterocycles. The molecule has 0 fully saturated rings. The predicted molar refractivity (Wildman–Crippen MR) is 144 cm³/mol. The summed E-state index contributed by atoms with van der Waals surface area (Å²) in [4.78, 5) is 12.5. The molecule has 0 spiro atoms. The number of hydrogen-bond donors (Lipinski definition) is 1. The zero-order valence-electron chi connectivity index (χ0n) is 21.4. The summed E-state index contributed by atoms with van der Waals surface area (Å²) in [7, 11) is -0.457.